The predicted octanol–water partition coefficient (Wildman–Crippen LogP) is 2.63. The van der Waals surface area contributed by atoms with Gasteiger partial charge in [0.2, 0.25) is 5.91 Å². The van der Waals surface area contributed by atoms with E-state index in [1.165, 1.54) is 6.42 Å². The maximum absolute atomic E-state index is 13.4. The third-order valence-corrected chi connectivity index (χ3v) is 5.62. The zero-order valence-corrected chi connectivity index (χ0v) is 17.2. The molecule has 1 aromatic rings. The third-order valence-electron chi connectivity index (χ3n) is 5.62. The lowest BCUT2D eigenvalue weighted by atomic mass is 10.0. The van der Waals surface area contributed by atoms with Crippen molar-refractivity contribution in [1.82, 2.24) is 15.2 Å². The zero-order valence-electron chi connectivity index (χ0n) is 17.2. The van der Waals surface area contributed by atoms with Crippen LogP contribution in [-0.2, 0) is 4.79 Å². The lowest BCUT2D eigenvalue weighted by molar-refractivity contribution is -0.116. The molecule has 0 bridgehead atoms. The minimum Gasteiger partial charge on any atom is -0.353 e. The molecule has 28 heavy (non-hydrogen) atoms. The molecule has 0 aromatic carbocycles. The molecular weight excluding hydrogens is 354 g/mol. The van der Waals surface area contributed by atoms with E-state index in [-0.39, 0.29) is 17.9 Å². The van der Waals surface area contributed by atoms with Crippen molar-refractivity contribution in [3.8, 4) is 0 Å². The van der Waals surface area contributed by atoms with E-state index in [0.29, 0.717) is 17.7 Å². The van der Waals surface area contributed by atoms with Crippen LogP contribution in [0.25, 0.3) is 0 Å². The molecule has 1 aromatic heterocycles. The highest BCUT2D eigenvalue weighted by atomic mass is 16.2. The Hall–Kier alpha value is -2.15. The van der Waals surface area contributed by atoms with Crippen LogP contribution < -0.4 is 15.5 Å². The van der Waals surface area contributed by atoms with E-state index in [4.69, 9.17) is 0 Å². The number of rotatable bonds is 6. The fraction of sp³-hybridized carbons (Fsp3) is 0.667. The molecule has 0 unspecified atom stereocenters. The number of nitrogens with one attached hydrogen (secondary N) is 2. The van der Waals surface area contributed by atoms with Crippen molar-refractivity contribution >= 4 is 23.3 Å². The molecule has 0 saturated carbocycles. The van der Waals surface area contributed by atoms with Crippen molar-refractivity contribution in [2.45, 2.75) is 58.4 Å². The molecule has 2 fully saturated rings. The molecule has 2 N–H and O–H groups in total. The maximum atomic E-state index is 13.4. The summed E-state index contributed by atoms with van der Waals surface area (Å²) < 4.78 is 0. The Balaban J connectivity index is 1.86. The molecule has 7 heteroatoms. The second kappa shape index (κ2) is 9.87. The Labute approximate surface area is 167 Å². The van der Waals surface area contributed by atoms with Crippen LogP contribution in [0.1, 0.15) is 62.7 Å². The number of anilines is 2. The van der Waals surface area contributed by atoms with Gasteiger partial charge in [0, 0.05) is 45.2 Å². The van der Waals surface area contributed by atoms with Crippen LogP contribution in [0.15, 0.2) is 12.3 Å². The van der Waals surface area contributed by atoms with Crippen LogP contribution in [0.3, 0.4) is 0 Å². The van der Waals surface area contributed by atoms with Gasteiger partial charge in [-0.3, -0.25) is 9.59 Å². The summed E-state index contributed by atoms with van der Waals surface area (Å²) in [6.45, 7) is 8.37. The average Bonchev–Trinajstić information content (AvgIpc) is 2.72. The van der Waals surface area contributed by atoms with Gasteiger partial charge in [-0.1, -0.05) is 13.3 Å². The van der Waals surface area contributed by atoms with Crippen LogP contribution in [0.5, 0.6) is 0 Å². The van der Waals surface area contributed by atoms with Gasteiger partial charge in [0.25, 0.3) is 5.91 Å². The Morgan fingerprint density at radius 1 is 1.25 bits per heavy atom. The number of nitrogens with zero attached hydrogens (tertiary/aromatic N) is 3. The lowest BCUT2D eigenvalue weighted by Gasteiger charge is -2.35. The van der Waals surface area contributed by atoms with Gasteiger partial charge in [-0.2, -0.15) is 0 Å². The topological polar surface area (TPSA) is 77.6 Å². The molecule has 2 aliphatic rings. The molecule has 7 nitrogen and oxygen atoms in total. The number of hydrogen-bond acceptors (Lipinski definition) is 5. The van der Waals surface area contributed by atoms with Gasteiger partial charge in [-0.25, -0.2) is 4.98 Å². The van der Waals surface area contributed by atoms with E-state index >= 15 is 0 Å². The second-order valence-electron chi connectivity index (χ2n) is 7.83. The summed E-state index contributed by atoms with van der Waals surface area (Å²) in [6, 6.07) is 2.05. The standard InChI is InChI=1S/C21H33N5O2/c1-3-4-8-19(27)24-17-14-18(21(28)26-11-6-5-7-16(26)2)20(23-15-17)25-12-9-22-10-13-25/h14-16,22H,3-13H2,1-2H3,(H,24,27)/t16-/m0/s1. The number of piperazine rings is 1. The number of carbonyl (C=O) groups excluding carboxylic acids is 2. The number of likely N-dealkylation sites (tertiary alicyclic amines) is 1. The van der Waals surface area contributed by atoms with Gasteiger partial charge in [0.1, 0.15) is 5.82 Å². The van der Waals surface area contributed by atoms with Gasteiger partial charge in [-0.05, 0) is 38.7 Å². The molecule has 3 heterocycles. The molecule has 0 spiro atoms. The zero-order chi connectivity index (χ0) is 19.9. The van der Waals surface area contributed by atoms with E-state index in [9.17, 15) is 9.59 Å². The van der Waals surface area contributed by atoms with Crippen LogP contribution in [0.4, 0.5) is 11.5 Å². The number of carbonyl (C=O) groups is 2. The summed E-state index contributed by atoms with van der Waals surface area (Å²) in [5, 5.41) is 6.25. The van der Waals surface area contributed by atoms with E-state index < -0.39 is 0 Å². The number of unbranched alkanes of at least 4 members (excludes halogenated alkanes) is 1. The van der Waals surface area contributed by atoms with Crippen molar-refractivity contribution < 1.29 is 9.59 Å². The largest absolute Gasteiger partial charge is 0.353 e. The summed E-state index contributed by atoms with van der Waals surface area (Å²) in [7, 11) is 0. The first kappa shape index (κ1) is 20.6. The minimum absolute atomic E-state index is 0.0247. The van der Waals surface area contributed by atoms with Crippen LogP contribution >= 0.6 is 0 Å². The smallest absolute Gasteiger partial charge is 0.257 e. The predicted molar refractivity (Wildman–Crippen MR) is 112 cm³/mol. The van der Waals surface area contributed by atoms with Crippen molar-refractivity contribution in [3.05, 3.63) is 17.8 Å². The number of pyridine rings is 1. The first-order valence-electron chi connectivity index (χ1n) is 10.7. The first-order chi connectivity index (χ1) is 13.6. The molecule has 0 aliphatic carbocycles. The van der Waals surface area contributed by atoms with E-state index in [2.05, 4.69) is 34.4 Å². The number of hydrogen-bond donors (Lipinski definition) is 2. The lowest BCUT2D eigenvalue weighted by Crippen LogP contribution is -2.46. The van der Waals surface area contributed by atoms with Gasteiger partial charge < -0.3 is 20.4 Å². The average molecular weight is 388 g/mol. The van der Waals surface area contributed by atoms with Crippen molar-refractivity contribution in [2.24, 2.45) is 0 Å². The monoisotopic (exact) mass is 387 g/mol. The fourth-order valence-electron chi connectivity index (χ4n) is 3.93. The molecule has 3 rings (SSSR count). The molecule has 2 aliphatic heterocycles. The number of piperidine rings is 1. The van der Waals surface area contributed by atoms with Gasteiger partial charge >= 0.3 is 0 Å². The fourth-order valence-corrected chi connectivity index (χ4v) is 3.93. The summed E-state index contributed by atoms with van der Waals surface area (Å²) in [5.74, 6) is 0.733. The Bertz CT molecular complexity index is 687. The molecule has 2 saturated heterocycles. The molecule has 0 radical (unpaired) electrons. The highest BCUT2D eigenvalue weighted by molar-refractivity contribution is 6.01. The summed E-state index contributed by atoms with van der Waals surface area (Å²) in [4.78, 5) is 34.3. The summed E-state index contributed by atoms with van der Waals surface area (Å²) in [5.41, 5.74) is 1.21. The molecule has 2 amide bonds. The maximum Gasteiger partial charge on any atom is 0.257 e. The summed E-state index contributed by atoms with van der Waals surface area (Å²) >= 11 is 0. The van der Waals surface area contributed by atoms with E-state index in [1.807, 2.05) is 11.0 Å². The highest BCUT2D eigenvalue weighted by Crippen LogP contribution is 2.27. The van der Waals surface area contributed by atoms with Gasteiger partial charge in [0.05, 0.1) is 17.4 Å². The van der Waals surface area contributed by atoms with Crippen molar-refractivity contribution in [3.63, 3.8) is 0 Å². The highest BCUT2D eigenvalue weighted by Gasteiger charge is 2.28. The van der Waals surface area contributed by atoms with Crippen molar-refractivity contribution in [2.75, 3.05) is 42.9 Å². The summed E-state index contributed by atoms with van der Waals surface area (Å²) in [6.07, 6.45) is 7.25. The van der Waals surface area contributed by atoms with Crippen LogP contribution in [-0.4, -0.2) is 60.5 Å². The Kier molecular flexibility index (Phi) is 7.25. The van der Waals surface area contributed by atoms with Gasteiger partial charge in [-0.15, -0.1) is 0 Å². The van der Waals surface area contributed by atoms with Gasteiger partial charge in [0.15, 0.2) is 0 Å². The Morgan fingerprint density at radius 2 is 2.04 bits per heavy atom. The van der Waals surface area contributed by atoms with Crippen molar-refractivity contribution in [1.29, 1.82) is 0 Å². The minimum atomic E-state index is -0.0247. The van der Waals surface area contributed by atoms with Crippen LogP contribution in [0, 0.1) is 0 Å². The number of amides is 2. The Morgan fingerprint density at radius 3 is 2.75 bits per heavy atom. The molecule has 154 valence electrons. The first-order valence-corrected chi connectivity index (χ1v) is 10.7. The molecule has 1 atom stereocenters. The normalized spacial score (nSPS) is 20.1. The second-order valence-corrected chi connectivity index (χ2v) is 7.83. The van der Waals surface area contributed by atoms with E-state index in [1.54, 1.807) is 6.20 Å². The SMILES string of the molecule is CCCCC(=O)Nc1cnc(N2CCNCC2)c(C(=O)N2CCCC[C@@H]2C)c1. The molecular formula is C21H33N5O2. The number of aromatic nitrogens is 1. The quantitative estimate of drug-likeness (QED) is 0.785. The van der Waals surface area contributed by atoms with E-state index in [0.717, 1.165) is 64.2 Å². The third kappa shape index (κ3) is 5.01. The van der Waals surface area contributed by atoms with Crippen LogP contribution in [0.2, 0.25) is 0 Å².